The van der Waals surface area contributed by atoms with E-state index >= 15 is 0 Å². The smallest absolute Gasteiger partial charge is 0.0110 e. The molecule has 0 aromatic rings. The highest BCUT2D eigenvalue weighted by Crippen LogP contribution is 1.94. The highest BCUT2D eigenvalue weighted by atomic mass is 15.2. The van der Waals surface area contributed by atoms with E-state index in [4.69, 9.17) is 34.4 Å². The molecule has 0 unspecified atom stereocenters. The molecule has 0 saturated carbocycles. The normalized spacial score (nSPS) is 12.1. The van der Waals surface area contributed by atoms with Crippen molar-refractivity contribution in [1.29, 1.82) is 0 Å². The Morgan fingerprint density at radius 1 is 0.172 bits per heavy atom. The molecule has 0 radical (unpaired) electrons. The lowest BCUT2D eigenvalue weighted by molar-refractivity contribution is 0.203. The summed E-state index contributed by atoms with van der Waals surface area (Å²) in [6, 6.07) is 0. The molecular weight excluding hydrogens is 737 g/mol. The van der Waals surface area contributed by atoms with Crippen molar-refractivity contribution in [3.05, 3.63) is 0 Å². The van der Waals surface area contributed by atoms with Crippen LogP contribution in [-0.4, -0.2) is 268 Å². The molecule has 0 fully saturated rings. The Hall–Kier alpha value is -0.800. The van der Waals surface area contributed by atoms with Gasteiger partial charge in [-0.3, -0.25) is 19.6 Å². The second-order valence-electron chi connectivity index (χ2n) is 14.6. The van der Waals surface area contributed by atoms with E-state index in [9.17, 15) is 0 Å². The molecule has 350 valence electrons. The Morgan fingerprint density at radius 2 is 0.345 bits per heavy atom. The molecule has 0 aliphatic carbocycles. The van der Waals surface area contributed by atoms with Gasteiger partial charge in [0, 0.05) is 249 Å². The summed E-state index contributed by atoms with van der Waals surface area (Å²) in [6.07, 6.45) is 0. The molecule has 0 amide bonds. The molecule has 0 aromatic carbocycles. The fourth-order valence-electron chi connectivity index (χ4n) is 6.22. The summed E-state index contributed by atoms with van der Waals surface area (Å²) in [5.74, 6) is 0. The molecule has 20 nitrogen and oxygen atoms in total. The molecule has 58 heavy (non-hydrogen) atoms. The maximum atomic E-state index is 5.99. The third-order valence-corrected chi connectivity index (χ3v) is 9.66. The Balaban J connectivity index is 4.84. The first-order chi connectivity index (χ1) is 28.6. The minimum absolute atomic E-state index is 0.663. The van der Waals surface area contributed by atoms with E-state index in [2.05, 4.69) is 72.8 Å². The van der Waals surface area contributed by atoms with Crippen LogP contribution < -0.4 is 87.6 Å². The molecular formula is C38H98N20. The van der Waals surface area contributed by atoms with Crippen molar-refractivity contribution >= 4 is 0 Å². The van der Waals surface area contributed by atoms with E-state index < -0.39 is 0 Å². The molecule has 0 bridgehead atoms. The summed E-state index contributed by atoms with van der Waals surface area (Å²) < 4.78 is 0. The zero-order valence-electron chi connectivity index (χ0n) is 37.1. The average molecular weight is 835 g/mol. The van der Waals surface area contributed by atoms with Gasteiger partial charge in [-0.2, -0.15) is 0 Å². The zero-order chi connectivity index (χ0) is 42.3. The largest absolute Gasteiger partial charge is 0.329 e. The summed E-state index contributed by atoms with van der Waals surface area (Å²) in [6.45, 7) is 34.6. The summed E-state index contributed by atoms with van der Waals surface area (Å²) in [7, 11) is 0. The highest BCUT2D eigenvalue weighted by molar-refractivity contribution is 4.71. The molecule has 0 spiro atoms. The third kappa shape index (κ3) is 41.9. The van der Waals surface area contributed by atoms with E-state index in [-0.39, 0.29) is 0 Å². The van der Waals surface area contributed by atoms with Crippen LogP contribution in [0.2, 0.25) is 0 Å². The summed E-state index contributed by atoms with van der Waals surface area (Å²) in [4.78, 5) is 10.2. The van der Waals surface area contributed by atoms with Crippen LogP contribution in [0.4, 0.5) is 0 Å². The minimum atomic E-state index is 0.663. The molecule has 20 heteroatoms. The Bertz CT molecular complexity index is 751. The summed E-state index contributed by atoms with van der Waals surface area (Å²) >= 11 is 0. The molecule has 0 atom stereocenters. The predicted octanol–water partition coefficient (Wildman–Crippen LogP) is -8.16. The van der Waals surface area contributed by atoms with E-state index in [1.54, 1.807) is 0 Å². The second-order valence-corrected chi connectivity index (χ2v) is 14.6. The molecule has 0 saturated heterocycles. The van der Waals surface area contributed by atoms with Gasteiger partial charge in [-0.05, 0) is 0 Å². The van der Waals surface area contributed by atoms with Crippen molar-refractivity contribution < 1.29 is 0 Å². The maximum Gasteiger partial charge on any atom is 0.0110 e. The summed E-state index contributed by atoms with van der Waals surface area (Å²) in [5.41, 5.74) is 34.2. The third-order valence-electron chi connectivity index (χ3n) is 9.66. The van der Waals surface area contributed by atoms with Crippen LogP contribution in [0.3, 0.4) is 0 Å². The number of nitrogens with one attached hydrogen (secondary N) is 10. The van der Waals surface area contributed by atoms with Crippen LogP contribution in [0.1, 0.15) is 0 Å². The molecule has 0 aliphatic rings. The number of rotatable bonds is 51. The fourth-order valence-corrected chi connectivity index (χ4v) is 6.22. The zero-order valence-corrected chi connectivity index (χ0v) is 37.1. The van der Waals surface area contributed by atoms with Crippen molar-refractivity contribution in [2.24, 2.45) is 34.4 Å². The second kappa shape index (κ2) is 48.9. The fraction of sp³-hybridized carbons (Fsp3) is 1.00. The number of hydrogen-bond donors (Lipinski definition) is 16. The van der Waals surface area contributed by atoms with Crippen LogP contribution in [0.5, 0.6) is 0 Å². The first-order valence-corrected chi connectivity index (χ1v) is 22.8. The van der Waals surface area contributed by atoms with Gasteiger partial charge < -0.3 is 87.6 Å². The van der Waals surface area contributed by atoms with E-state index in [0.717, 1.165) is 209 Å². The van der Waals surface area contributed by atoms with Gasteiger partial charge in [0.05, 0.1) is 0 Å². The van der Waals surface area contributed by atoms with Crippen molar-refractivity contribution in [3.8, 4) is 0 Å². The Morgan fingerprint density at radius 3 is 0.534 bits per heavy atom. The molecule has 0 rings (SSSR count). The number of hydrogen-bond acceptors (Lipinski definition) is 20. The first-order valence-electron chi connectivity index (χ1n) is 22.8. The first kappa shape index (κ1) is 57.2. The van der Waals surface area contributed by atoms with Crippen LogP contribution in [0, 0.1) is 0 Å². The predicted molar refractivity (Wildman–Crippen MR) is 249 cm³/mol. The molecule has 0 aromatic heterocycles. The quantitative estimate of drug-likeness (QED) is 0.0253. The van der Waals surface area contributed by atoms with Crippen molar-refractivity contribution in [2.75, 3.05) is 249 Å². The monoisotopic (exact) mass is 835 g/mol. The molecule has 22 N–H and O–H groups in total. The van der Waals surface area contributed by atoms with Gasteiger partial charge in [-0.1, -0.05) is 0 Å². The van der Waals surface area contributed by atoms with Gasteiger partial charge in [-0.15, -0.1) is 0 Å². The van der Waals surface area contributed by atoms with Gasteiger partial charge in [-0.25, -0.2) is 0 Å². The lowest BCUT2D eigenvalue weighted by Crippen LogP contribution is -2.46. The standard InChI is InChI=1S/C38H98N20/c39-1-7-45-12-15-50-22-28-55(27-6-44)35-36-57(31-23-51-16-13-46-8-2-40)32-25-53-18-19-54-26-34-58(33-24-52-17-14-47-9-3-41)38-37-56(29-20-48-10-4-42)30-21-49-11-5-43/h45-54H,1-44H2. The summed E-state index contributed by atoms with van der Waals surface area (Å²) in [5, 5.41) is 35.1. The lowest BCUT2D eigenvalue weighted by atomic mass is 10.3. The van der Waals surface area contributed by atoms with Gasteiger partial charge in [0.15, 0.2) is 0 Å². The molecule has 0 aliphatic heterocycles. The Labute approximate surface area is 355 Å². The van der Waals surface area contributed by atoms with Crippen LogP contribution in [-0.2, 0) is 0 Å². The van der Waals surface area contributed by atoms with Crippen molar-refractivity contribution in [3.63, 3.8) is 0 Å². The van der Waals surface area contributed by atoms with E-state index in [0.29, 0.717) is 39.3 Å². The topological polar surface area (TPSA) is 289 Å². The lowest BCUT2D eigenvalue weighted by Gasteiger charge is -2.28. The molecule has 0 heterocycles. The van der Waals surface area contributed by atoms with Gasteiger partial charge in [0.1, 0.15) is 0 Å². The van der Waals surface area contributed by atoms with Crippen molar-refractivity contribution in [2.45, 2.75) is 0 Å². The Kier molecular flexibility index (Phi) is 48.2. The SMILES string of the molecule is NCCNCCNCCN(CCN)CCN(CCNCCNCCN)CCNCCNCCN(CCNCCNCCN)CCN(CCNCCN)CCNCCN. The van der Waals surface area contributed by atoms with E-state index in [1.165, 1.54) is 0 Å². The van der Waals surface area contributed by atoms with E-state index in [1.807, 2.05) is 0 Å². The highest BCUT2D eigenvalue weighted by Gasteiger charge is 2.11. The van der Waals surface area contributed by atoms with Crippen LogP contribution in [0.15, 0.2) is 0 Å². The van der Waals surface area contributed by atoms with Crippen LogP contribution >= 0.6 is 0 Å². The average Bonchev–Trinajstić information content (AvgIpc) is 3.23. The maximum absolute atomic E-state index is 5.99. The number of nitrogens with two attached hydrogens (primary N) is 6. The van der Waals surface area contributed by atoms with Gasteiger partial charge in [0.2, 0.25) is 0 Å². The van der Waals surface area contributed by atoms with Gasteiger partial charge in [0.25, 0.3) is 0 Å². The van der Waals surface area contributed by atoms with Gasteiger partial charge >= 0.3 is 0 Å². The minimum Gasteiger partial charge on any atom is -0.329 e. The van der Waals surface area contributed by atoms with Crippen molar-refractivity contribution in [1.82, 2.24) is 72.8 Å². The number of nitrogens with zero attached hydrogens (tertiary/aromatic N) is 4. The van der Waals surface area contributed by atoms with Crippen LogP contribution in [0.25, 0.3) is 0 Å².